The third kappa shape index (κ3) is 3.85. The Morgan fingerprint density at radius 1 is 1.41 bits per heavy atom. The third-order valence-electron chi connectivity index (χ3n) is 3.75. The van der Waals surface area contributed by atoms with Crippen LogP contribution in [0, 0.1) is 0 Å². The molecule has 2 heterocycles. The molecule has 2 aromatic rings. The van der Waals surface area contributed by atoms with Crippen molar-refractivity contribution < 1.29 is 13.9 Å². The quantitative estimate of drug-likeness (QED) is 0.908. The molecular formula is C16H19N3O3. The number of amides is 1. The number of ether oxygens (including phenoxy) is 1. The van der Waals surface area contributed by atoms with Crippen molar-refractivity contribution in [1.29, 1.82) is 0 Å². The van der Waals surface area contributed by atoms with Crippen LogP contribution in [0.4, 0.5) is 10.5 Å². The molecule has 0 radical (unpaired) electrons. The molecule has 0 aliphatic carbocycles. The lowest BCUT2D eigenvalue weighted by Crippen LogP contribution is -2.28. The van der Waals surface area contributed by atoms with Crippen LogP contribution in [0.5, 0.6) is 0 Å². The number of rotatable bonds is 4. The Balaban J connectivity index is 1.50. The maximum Gasteiger partial charge on any atom is 0.412 e. The zero-order valence-corrected chi connectivity index (χ0v) is 12.2. The first-order chi connectivity index (χ1) is 10.8. The minimum atomic E-state index is -0.511. The molecule has 0 spiro atoms. The van der Waals surface area contributed by atoms with Crippen molar-refractivity contribution in [2.24, 2.45) is 0 Å². The van der Waals surface area contributed by atoms with Gasteiger partial charge in [-0.05, 0) is 43.0 Å². The number of carbonyl (C=O) groups is 1. The Bertz CT molecular complexity index is 590. The predicted octanol–water partition coefficient (Wildman–Crippen LogP) is 2.89. The summed E-state index contributed by atoms with van der Waals surface area (Å²) in [6.45, 7) is 2.19. The van der Waals surface area contributed by atoms with E-state index in [1.54, 1.807) is 0 Å². The number of oxazole rings is 1. The van der Waals surface area contributed by atoms with Crippen LogP contribution in [0.3, 0.4) is 0 Å². The van der Waals surface area contributed by atoms with Crippen LogP contribution in [0.25, 0.3) is 0 Å². The van der Waals surface area contributed by atoms with Crippen molar-refractivity contribution in [2.45, 2.75) is 25.4 Å². The number of hydrogen-bond donors (Lipinski definition) is 2. The molecule has 0 unspecified atom stereocenters. The van der Waals surface area contributed by atoms with E-state index in [1.165, 1.54) is 31.0 Å². The van der Waals surface area contributed by atoms with Gasteiger partial charge in [-0.25, -0.2) is 9.78 Å². The van der Waals surface area contributed by atoms with Gasteiger partial charge in [0.1, 0.15) is 0 Å². The number of benzene rings is 1. The van der Waals surface area contributed by atoms with Crippen molar-refractivity contribution in [1.82, 2.24) is 10.3 Å². The number of hydrogen-bond acceptors (Lipinski definition) is 5. The van der Waals surface area contributed by atoms with Crippen LogP contribution in [0.15, 0.2) is 41.3 Å². The van der Waals surface area contributed by atoms with Gasteiger partial charge in [-0.15, -0.1) is 0 Å². The van der Waals surface area contributed by atoms with Crippen LogP contribution < -0.4 is 10.6 Å². The number of piperidine rings is 1. The fraction of sp³-hybridized carbons (Fsp3) is 0.375. The van der Waals surface area contributed by atoms with Crippen LogP contribution in [0.1, 0.15) is 30.1 Å². The lowest BCUT2D eigenvalue weighted by molar-refractivity contribution is 0.146. The van der Waals surface area contributed by atoms with Gasteiger partial charge in [-0.3, -0.25) is 5.32 Å². The van der Waals surface area contributed by atoms with Crippen LogP contribution in [-0.2, 0) is 11.3 Å². The number of aromatic nitrogens is 1. The van der Waals surface area contributed by atoms with E-state index in [4.69, 9.17) is 9.15 Å². The summed E-state index contributed by atoms with van der Waals surface area (Å²) in [5.74, 6) is 1.07. The van der Waals surface area contributed by atoms with Gasteiger partial charge < -0.3 is 14.5 Å². The first-order valence-corrected chi connectivity index (χ1v) is 7.43. The molecule has 1 aromatic carbocycles. The van der Waals surface area contributed by atoms with Gasteiger partial charge in [-0.1, -0.05) is 12.1 Å². The van der Waals surface area contributed by atoms with E-state index in [1.807, 2.05) is 12.1 Å². The van der Waals surface area contributed by atoms with E-state index in [2.05, 4.69) is 27.8 Å². The minimum Gasteiger partial charge on any atom is -0.445 e. The lowest BCUT2D eigenvalue weighted by Gasteiger charge is -2.23. The minimum absolute atomic E-state index is 0.0671. The second kappa shape index (κ2) is 7.09. The number of anilines is 1. The molecule has 1 aromatic heterocycles. The zero-order chi connectivity index (χ0) is 15.2. The Morgan fingerprint density at radius 2 is 2.27 bits per heavy atom. The average molecular weight is 301 g/mol. The average Bonchev–Trinajstić information content (AvgIpc) is 3.08. The summed E-state index contributed by atoms with van der Waals surface area (Å²) < 4.78 is 10.0. The van der Waals surface area contributed by atoms with Gasteiger partial charge in [0.05, 0.1) is 6.20 Å². The Kier molecular flexibility index (Phi) is 4.70. The zero-order valence-electron chi connectivity index (χ0n) is 12.2. The van der Waals surface area contributed by atoms with Crippen LogP contribution in [-0.4, -0.2) is 24.2 Å². The van der Waals surface area contributed by atoms with Crippen molar-refractivity contribution in [3.8, 4) is 0 Å². The van der Waals surface area contributed by atoms with E-state index in [9.17, 15) is 4.79 Å². The molecule has 1 aliphatic rings. The summed E-state index contributed by atoms with van der Waals surface area (Å²) in [7, 11) is 0. The van der Waals surface area contributed by atoms with Gasteiger partial charge >= 0.3 is 6.09 Å². The third-order valence-corrected chi connectivity index (χ3v) is 3.75. The topological polar surface area (TPSA) is 76.4 Å². The number of nitrogens with one attached hydrogen (secondary N) is 2. The summed E-state index contributed by atoms with van der Waals surface area (Å²) in [6, 6.07) is 7.92. The molecule has 1 amide bonds. The van der Waals surface area contributed by atoms with Crippen molar-refractivity contribution in [3.63, 3.8) is 0 Å². The molecule has 1 atom stereocenters. The molecule has 116 valence electrons. The SMILES string of the molecule is O=C(Nc1ccc([C@@H]2CCCNC2)cc1)OCc1cnco1. The predicted molar refractivity (Wildman–Crippen MR) is 81.6 cm³/mol. The Morgan fingerprint density at radius 3 is 2.95 bits per heavy atom. The summed E-state index contributed by atoms with van der Waals surface area (Å²) in [6.07, 6.45) is 4.72. The maximum absolute atomic E-state index is 11.7. The summed E-state index contributed by atoms with van der Waals surface area (Å²) >= 11 is 0. The van der Waals surface area contributed by atoms with Gasteiger partial charge in [-0.2, -0.15) is 0 Å². The molecule has 6 nitrogen and oxygen atoms in total. The van der Waals surface area contributed by atoms with Crippen molar-refractivity contribution in [3.05, 3.63) is 48.2 Å². The Hall–Kier alpha value is -2.34. The molecule has 6 heteroatoms. The smallest absolute Gasteiger partial charge is 0.412 e. The van der Waals surface area contributed by atoms with E-state index < -0.39 is 6.09 Å². The summed E-state index contributed by atoms with van der Waals surface area (Å²) in [5, 5.41) is 6.10. The fourth-order valence-corrected chi connectivity index (χ4v) is 2.58. The normalized spacial score (nSPS) is 17.9. The Labute approximate surface area is 128 Å². The molecular weight excluding hydrogens is 282 g/mol. The lowest BCUT2D eigenvalue weighted by atomic mass is 9.92. The standard InChI is InChI=1S/C16H19N3O3/c20-16(21-10-15-9-18-11-22-15)19-14-5-3-12(4-6-14)13-2-1-7-17-8-13/h3-6,9,11,13,17H,1-2,7-8,10H2,(H,19,20)/t13-/m1/s1. The van der Waals surface area contributed by atoms with E-state index in [-0.39, 0.29) is 6.61 Å². The monoisotopic (exact) mass is 301 g/mol. The van der Waals surface area contributed by atoms with E-state index in [0.717, 1.165) is 18.8 Å². The highest BCUT2D eigenvalue weighted by molar-refractivity contribution is 5.84. The highest BCUT2D eigenvalue weighted by Gasteiger charge is 2.15. The van der Waals surface area contributed by atoms with E-state index in [0.29, 0.717) is 11.7 Å². The second-order valence-electron chi connectivity index (χ2n) is 5.33. The van der Waals surface area contributed by atoms with Crippen LogP contribution >= 0.6 is 0 Å². The molecule has 2 N–H and O–H groups in total. The molecule has 0 bridgehead atoms. The second-order valence-corrected chi connectivity index (χ2v) is 5.33. The molecule has 0 saturated carbocycles. The maximum atomic E-state index is 11.7. The van der Waals surface area contributed by atoms with Gasteiger partial charge in [0.15, 0.2) is 18.8 Å². The summed E-state index contributed by atoms with van der Waals surface area (Å²) in [4.78, 5) is 15.4. The van der Waals surface area contributed by atoms with Gasteiger partial charge in [0.2, 0.25) is 0 Å². The first-order valence-electron chi connectivity index (χ1n) is 7.43. The van der Waals surface area contributed by atoms with Crippen LogP contribution in [0.2, 0.25) is 0 Å². The van der Waals surface area contributed by atoms with Gasteiger partial charge in [0, 0.05) is 12.2 Å². The van der Waals surface area contributed by atoms with Crippen molar-refractivity contribution >= 4 is 11.8 Å². The first kappa shape index (κ1) is 14.6. The summed E-state index contributed by atoms with van der Waals surface area (Å²) in [5.41, 5.74) is 2.02. The molecule has 22 heavy (non-hydrogen) atoms. The van der Waals surface area contributed by atoms with Gasteiger partial charge in [0.25, 0.3) is 0 Å². The molecule has 1 saturated heterocycles. The molecule has 1 aliphatic heterocycles. The van der Waals surface area contributed by atoms with E-state index >= 15 is 0 Å². The highest BCUT2D eigenvalue weighted by Crippen LogP contribution is 2.24. The van der Waals surface area contributed by atoms with Crippen molar-refractivity contribution in [2.75, 3.05) is 18.4 Å². The molecule has 3 rings (SSSR count). The number of carbonyl (C=O) groups excluding carboxylic acids is 1. The molecule has 1 fully saturated rings. The fourth-order valence-electron chi connectivity index (χ4n) is 2.58. The largest absolute Gasteiger partial charge is 0.445 e. The number of nitrogens with zero attached hydrogens (tertiary/aromatic N) is 1. The highest BCUT2D eigenvalue weighted by atomic mass is 16.6.